The average molecular weight is 405 g/mol. The van der Waals surface area contributed by atoms with Gasteiger partial charge in [-0.25, -0.2) is 8.42 Å². The zero-order valence-corrected chi connectivity index (χ0v) is 15.3. The molecule has 1 aromatic carbocycles. The predicted octanol–water partition coefficient (Wildman–Crippen LogP) is 2.56. The summed E-state index contributed by atoms with van der Waals surface area (Å²) in [6, 6.07) is 7.28. The summed E-state index contributed by atoms with van der Waals surface area (Å²) in [5.74, 6) is -1.14. The molecule has 1 heterocycles. The number of hydrogen-bond donors (Lipinski definition) is 2. The van der Waals surface area contributed by atoms with Crippen LogP contribution < -0.4 is 5.32 Å². The van der Waals surface area contributed by atoms with Crippen LogP contribution >= 0.6 is 0 Å². The first-order valence-corrected chi connectivity index (χ1v) is 9.68. The highest BCUT2D eigenvalue weighted by atomic mass is 32.2. The van der Waals surface area contributed by atoms with E-state index in [4.69, 9.17) is 4.42 Å². The van der Waals surface area contributed by atoms with Crippen molar-refractivity contribution in [1.29, 1.82) is 0 Å². The Morgan fingerprint density at radius 1 is 1.15 bits per heavy atom. The molecule has 27 heavy (non-hydrogen) atoms. The molecule has 6 nitrogen and oxygen atoms in total. The molecule has 0 saturated heterocycles. The fourth-order valence-corrected chi connectivity index (χ4v) is 3.00. The third-order valence-electron chi connectivity index (χ3n) is 3.93. The van der Waals surface area contributed by atoms with Crippen LogP contribution in [0.15, 0.2) is 45.7 Å². The van der Waals surface area contributed by atoms with Crippen molar-refractivity contribution in [2.24, 2.45) is 0 Å². The first kappa shape index (κ1) is 21.0. The zero-order chi connectivity index (χ0) is 20.5. The lowest BCUT2D eigenvalue weighted by Crippen LogP contribution is -2.44. The Morgan fingerprint density at radius 2 is 1.74 bits per heavy atom. The van der Waals surface area contributed by atoms with E-state index in [1.165, 1.54) is 37.3 Å². The van der Waals surface area contributed by atoms with Crippen LogP contribution in [0.4, 0.5) is 13.2 Å². The summed E-state index contributed by atoms with van der Waals surface area (Å²) in [7, 11) is -3.43. The maximum absolute atomic E-state index is 13.3. The number of hydrogen-bond acceptors (Lipinski definition) is 5. The number of alkyl halides is 3. The lowest BCUT2D eigenvalue weighted by atomic mass is 9.95. The van der Waals surface area contributed by atoms with Gasteiger partial charge in [-0.15, -0.1) is 0 Å². The van der Waals surface area contributed by atoms with Crippen molar-refractivity contribution < 1.29 is 35.9 Å². The highest BCUT2D eigenvalue weighted by molar-refractivity contribution is 7.90. The van der Waals surface area contributed by atoms with Gasteiger partial charge in [-0.2, -0.15) is 13.2 Å². The SMILES string of the molecule is Cc1ccc(C(O)(CCNC(=O)c2ccc(S(C)(=O)=O)cc2)C(F)(F)F)o1. The summed E-state index contributed by atoms with van der Waals surface area (Å²) in [4.78, 5) is 12.0. The number of rotatable bonds is 6. The Balaban J connectivity index is 2.07. The van der Waals surface area contributed by atoms with Crippen LogP contribution in [0.2, 0.25) is 0 Å². The average Bonchev–Trinajstić information content (AvgIpc) is 2.99. The predicted molar refractivity (Wildman–Crippen MR) is 89.9 cm³/mol. The highest BCUT2D eigenvalue weighted by Crippen LogP contribution is 2.42. The number of nitrogens with one attached hydrogen (secondary N) is 1. The molecular weight excluding hydrogens is 387 g/mol. The first-order chi connectivity index (χ1) is 12.3. The van der Waals surface area contributed by atoms with Gasteiger partial charge in [0, 0.05) is 24.8 Å². The highest BCUT2D eigenvalue weighted by Gasteiger charge is 2.56. The number of aryl methyl sites for hydroxylation is 1. The molecule has 1 atom stereocenters. The fourth-order valence-electron chi connectivity index (χ4n) is 2.37. The number of furan rings is 1. The lowest BCUT2D eigenvalue weighted by molar-refractivity contribution is -0.274. The van der Waals surface area contributed by atoms with Gasteiger partial charge < -0.3 is 14.8 Å². The Bertz CT molecular complexity index is 919. The number of amides is 1. The molecule has 1 unspecified atom stereocenters. The van der Waals surface area contributed by atoms with E-state index in [0.717, 1.165) is 12.3 Å². The van der Waals surface area contributed by atoms with Gasteiger partial charge in [0.2, 0.25) is 5.60 Å². The molecule has 0 aliphatic heterocycles. The second kappa shape index (κ2) is 7.35. The molecule has 0 radical (unpaired) electrons. The third kappa shape index (κ3) is 4.69. The van der Waals surface area contributed by atoms with Crippen LogP contribution in [0.25, 0.3) is 0 Å². The van der Waals surface area contributed by atoms with Crippen LogP contribution in [0.3, 0.4) is 0 Å². The van der Waals surface area contributed by atoms with E-state index in [1.54, 1.807) is 0 Å². The summed E-state index contributed by atoms with van der Waals surface area (Å²) in [5, 5.41) is 12.4. The van der Waals surface area contributed by atoms with E-state index in [9.17, 15) is 31.5 Å². The zero-order valence-electron chi connectivity index (χ0n) is 14.5. The Hall–Kier alpha value is -2.33. The van der Waals surface area contributed by atoms with Gasteiger partial charge in [0.15, 0.2) is 9.84 Å². The second-order valence-corrected chi connectivity index (χ2v) is 8.09. The van der Waals surface area contributed by atoms with Crippen LogP contribution in [0.5, 0.6) is 0 Å². The topological polar surface area (TPSA) is 96.6 Å². The summed E-state index contributed by atoms with van der Waals surface area (Å²) in [6.45, 7) is 0.963. The molecule has 148 valence electrons. The maximum atomic E-state index is 13.3. The normalized spacial score (nSPS) is 14.6. The molecular formula is C17H18F3NO5S. The van der Waals surface area contributed by atoms with Crippen LogP contribution in [0, 0.1) is 6.92 Å². The molecule has 0 spiro atoms. The van der Waals surface area contributed by atoms with E-state index in [2.05, 4.69) is 5.32 Å². The van der Waals surface area contributed by atoms with E-state index in [-0.39, 0.29) is 16.2 Å². The minimum atomic E-state index is -5.00. The van der Waals surface area contributed by atoms with Crippen molar-refractivity contribution in [3.63, 3.8) is 0 Å². The first-order valence-electron chi connectivity index (χ1n) is 7.79. The van der Waals surface area contributed by atoms with Crippen LogP contribution in [0.1, 0.15) is 28.3 Å². The van der Waals surface area contributed by atoms with Gasteiger partial charge >= 0.3 is 6.18 Å². The summed E-state index contributed by atoms with van der Waals surface area (Å²) in [5.41, 5.74) is -3.17. The minimum Gasteiger partial charge on any atom is -0.463 e. The lowest BCUT2D eigenvalue weighted by Gasteiger charge is -2.28. The van der Waals surface area contributed by atoms with Gasteiger partial charge in [0.1, 0.15) is 11.5 Å². The van der Waals surface area contributed by atoms with Crippen molar-refractivity contribution in [2.45, 2.75) is 30.0 Å². The molecule has 2 aromatic rings. The summed E-state index contributed by atoms with van der Waals surface area (Å²) in [6.07, 6.45) is -4.84. The number of aliphatic hydroxyl groups is 1. The standard InChI is InChI=1S/C17H18F3NO5S/c1-11-3-8-14(26-11)16(23,17(18,19)20)9-10-21-15(22)12-4-6-13(7-5-12)27(2,24)25/h3-8,23H,9-10H2,1-2H3,(H,21,22). The molecule has 10 heteroatoms. The molecule has 0 aliphatic rings. The Labute approximate surface area is 153 Å². The Morgan fingerprint density at radius 3 is 2.19 bits per heavy atom. The van der Waals surface area contributed by atoms with Gasteiger partial charge in [0.05, 0.1) is 4.90 Å². The van der Waals surface area contributed by atoms with Crippen molar-refractivity contribution in [3.05, 3.63) is 53.5 Å². The number of carbonyl (C=O) groups excluding carboxylic acids is 1. The molecule has 0 bridgehead atoms. The molecule has 0 fully saturated rings. The number of halogens is 3. The number of sulfone groups is 1. The largest absolute Gasteiger partial charge is 0.463 e. The monoisotopic (exact) mass is 405 g/mol. The van der Waals surface area contributed by atoms with Gasteiger partial charge in [-0.1, -0.05) is 0 Å². The molecule has 1 aromatic heterocycles. The summed E-state index contributed by atoms with van der Waals surface area (Å²) < 4.78 is 67.7. The van der Waals surface area contributed by atoms with Gasteiger partial charge in [-0.05, 0) is 43.3 Å². The molecule has 0 aliphatic carbocycles. The van der Waals surface area contributed by atoms with Gasteiger partial charge in [-0.3, -0.25) is 4.79 Å². The van der Waals surface area contributed by atoms with E-state index in [0.29, 0.717) is 0 Å². The van der Waals surface area contributed by atoms with Crippen molar-refractivity contribution in [1.82, 2.24) is 5.32 Å². The van der Waals surface area contributed by atoms with Crippen molar-refractivity contribution >= 4 is 15.7 Å². The molecule has 2 N–H and O–H groups in total. The van der Waals surface area contributed by atoms with Crippen molar-refractivity contribution in [3.8, 4) is 0 Å². The number of benzene rings is 1. The summed E-state index contributed by atoms with van der Waals surface area (Å²) >= 11 is 0. The van der Waals surface area contributed by atoms with E-state index < -0.39 is 46.2 Å². The Kier molecular flexibility index (Phi) is 5.71. The fraction of sp³-hybridized carbons (Fsp3) is 0.353. The van der Waals surface area contributed by atoms with Crippen molar-refractivity contribution in [2.75, 3.05) is 12.8 Å². The van der Waals surface area contributed by atoms with Gasteiger partial charge in [0.25, 0.3) is 5.91 Å². The number of carbonyl (C=O) groups is 1. The quantitative estimate of drug-likeness (QED) is 0.770. The minimum absolute atomic E-state index is 0.0127. The van der Waals surface area contributed by atoms with Crippen LogP contribution in [-0.4, -0.2) is 38.4 Å². The maximum Gasteiger partial charge on any atom is 0.424 e. The van der Waals surface area contributed by atoms with E-state index in [1.807, 2.05) is 0 Å². The van der Waals surface area contributed by atoms with Crippen LogP contribution in [-0.2, 0) is 15.4 Å². The molecule has 2 rings (SSSR count). The second-order valence-electron chi connectivity index (χ2n) is 6.07. The third-order valence-corrected chi connectivity index (χ3v) is 5.06. The molecule has 1 amide bonds. The van der Waals surface area contributed by atoms with E-state index >= 15 is 0 Å². The smallest absolute Gasteiger partial charge is 0.424 e. The molecule has 0 saturated carbocycles.